The maximum absolute atomic E-state index is 13.3. The summed E-state index contributed by atoms with van der Waals surface area (Å²) in [5, 5.41) is 2.01. The van der Waals surface area contributed by atoms with Crippen LogP contribution in [-0.4, -0.2) is 11.6 Å². The Kier molecular flexibility index (Phi) is 2.88. The average molecular weight is 306 g/mol. The summed E-state index contributed by atoms with van der Waals surface area (Å²) in [6.07, 6.45) is 1.90. The van der Waals surface area contributed by atoms with Crippen LogP contribution in [0.1, 0.15) is 44.0 Å². The molecule has 0 amide bonds. The quantitative estimate of drug-likeness (QED) is 0.597. The number of hydrogen-bond donors (Lipinski definition) is 0. The van der Waals surface area contributed by atoms with Crippen molar-refractivity contribution in [1.29, 1.82) is 0 Å². The van der Waals surface area contributed by atoms with E-state index in [1.807, 2.05) is 42.5 Å². The second kappa shape index (κ2) is 4.53. The van der Waals surface area contributed by atoms with Crippen LogP contribution >= 0.6 is 0 Å². The van der Waals surface area contributed by atoms with E-state index in [1.54, 1.807) is 0 Å². The lowest BCUT2D eigenvalue weighted by atomic mass is 9.70. The predicted octanol–water partition coefficient (Wildman–Crippen LogP) is 4.66. The second-order valence-corrected chi connectivity index (χ2v) is 7.93. The summed E-state index contributed by atoms with van der Waals surface area (Å²) in [5.41, 5.74) is 0.269. The normalized spacial score (nSPS) is 31.7. The van der Waals surface area contributed by atoms with Gasteiger partial charge >= 0.3 is 0 Å². The summed E-state index contributed by atoms with van der Waals surface area (Å²) < 4.78 is 0. The number of Topliss-reactive ketones (excluding diaryl/α,β-unsaturated/α-hetero) is 2. The van der Waals surface area contributed by atoms with Crippen LogP contribution in [0.15, 0.2) is 42.5 Å². The van der Waals surface area contributed by atoms with Gasteiger partial charge in [0, 0.05) is 11.0 Å². The van der Waals surface area contributed by atoms with Crippen LogP contribution < -0.4 is 0 Å². The highest BCUT2D eigenvalue weighted by Gasteiger charge is 2.67. The molecule has 2 aliphatic carbocycles. The van der Waals surface area contributed by atoms with Crippen molar-refractivity contribution in [2.24, 2.45) is 22.7 Å². The molecule has 2 bridgehead atoms. The second-order valence-electron chi connectivity index (χ2n) is 7.93. The third kappa shape index (κ3) is 1.69. The van der Waals surface area contributed by atoms with Crippen molar-refractivity contribution in [2.75, 3.05) is 0 Å². The highest BCUT2D eigenvalue weighted by molar-refractivity contribution is 6.19. The smallest absolute Gasteiger partial charge is 0.174 e. The van der Waals surface area contributed by atoms with Crippen molar-refractivity contribution in [2.45, 2.75) is 33.6 Å². The Morgan fingerprint density at radius 2 is 1.74 bits per heavy atom. The van der Waals surface area contributed by atoms with Gasteiger partial charge in [0.05, 0.1) is 5.92 Å². The van der Waals surface area contributed by atoms with Gasteiger partial charge in [-0.3, -0.25) is 9.59 Å². The van der Waals surface area contributed by atoms with Crippen molar-refractivity contribution in [3.05, 3.63) is 48.0 Å². The number of benzene rings is 2. The molecule has 2 heteroatoms. The zero-order valence-corrected chi connectivity index (χ0v) is 13.9. The summed E-state index contributed by atoms with van der Waals surface area (Å²) in [5.74, 6) is -0.106. The first-order chi connectivity index (χ1) is 10.9. The lowest BCUT2D eigenvalue weighted by Crippen LogP contribution is -2.35. The van der Waals surface area contributed by atoms with Gasteiger partial charge in [0.25, 0.3) is 0 Å². The Morgan fingerprint density at radius 1 is 1.04 bits per heavy atom. The fourth-order valence-electron chi connectivity index (χ4n) is 5.00. The fourth-order valence-corrected chi connectivity index (χ4v) is 5.00. The van der Waals surface area contributed by atoms with E-state index in [1.165, 1.54) is 0 Å². The molecule has 0 saturated heterocycles. The molecule has 118 valence electrons. The minimum Gasteiger partial charge on any atom is -0.298 e. The lowest BCUT2D eigenvalue weighted by Gasteiger charge is -2.32. The molecule has 23 heavy (non-hydrogen) atoms. The number of fused-ring (bicyclic) bond motifs is 3. The van der Waals surface area contributed by atoms with Gasteiger partial charge in [-0.15, -0.1) is 0 Å². The van der Waals surface area contributed by atoms with Gasteiger partial charge < -0.3 is 0 Å². The Bertz CT molecular complexity index is 827. The molecule has 0 radical (unpaired) electrons. The third-order valence-electron chi connectivity index (χ3n) is 6.87. The highest BCUT2D eigenvalue weighted by Crippen LogP contribution is 2.66. The monoisotopic (exact) mass is 306 g/mol. The molecule has 0 N–H and O–H groups in total. The van der Waals surface area contributed by atoms with Crippen molar-refractivity contribution in [3.63, 3.8) is 0 Å². The fraction of sp³-hybridized carbons (Fsp3) is 0.429. The molecule has 2 fully saturated rings. The number of carbonyl (C=O) groups is 2. The Labute approximate surface area is 136 Å². The molecule has 2 aliphatic rings. The summed E-state index contributed by atoms with van der Waals surface area (Å²) in [6.45, 7) is 6.39. The molecule has 2 nitrogen and oxygen atoms in total. The van der Waals surface area contributed by atoms with E-state index >= 15 is 0 Å². The zero-order valence-electron chi connectivity index (χ0n) is 13.9. The molecule has 0 heterocycles. The Balaban J connectivity index is 1.83. The van der Waals surface area contributed by atoms with Gasteiger partial charge in [-0.25, -0.2) is 0 Å². The van der Waals surface area contributed by atoms with E-state index in [4.69, 9.17) is 0 Å². The summed E-state index contributed by atoms with van der Waals surface area (Å²) >= 11 is 0. The minimum absolute atomic E-state index is 0.0216. The maximum Gasteiger partial charge on any atom is 0.174 e. The average Bonchev–Trinajstić information content (AvgIpc) is 2.86. The Morgan fingerprint density at radius 3 is 2.43 bits per heavy atom. The summed E-state index contributed by atoms with van der Waals surface area (Å²) in [7, 11) is 0. The van der Waals surface area contributed by atoms with Gasteiger partial charge in [0.1, 0.15) is 5.78 Å². The molecular weight excluding hydrogens is 284 g/mol. The molecule has 0 unspecified atom stereocenters. The molecule has 0 aliphatic heterocycles. The van der Waals surface area contributed by atoms with E-state index in [0.717, 1.165) is 23.6 Å². The van der Waals surface area contributed by atoms with Crippen LogP contribution in [0.2, 0.25) is 0 Å². The van der Waals surface area contributed by atoms with Crippen LogP contribution in [0.4, 0.5) is 0 Å². The van der Waals surface area contributed by atoms with E-state index in [-0.39, 0.29) is 28.3 Å². The topological polar surface area (TPSA) is 34.1 Å². The Hall–Kier alpha value is -1.96. The minimum atomic E-state index is -0.463. The predicted molar refractivity (Wildman–Crippen MR) is 91.4 cm³/mol. The molecule has 3 atom stereocenters. The van der Waals surface area contributed by atoms with Gasteiger partial charge in [-0.1, -0.05) is 63.2 Å². The van der Waals surface area contributed by atoms with Crippen molar-refractivity contribution in [1.82, 2.24) is 0 Å². The largest absolute Gasteiger partial charge is 0.298 e. The van der Waals surface area contributed by atoms with Gasteiger partial charge in [-0.2, -0.15) is 0 Å². The first-order valence-corrected chi connectivity index (χ1v) is 8.44. The molecule has 0 aromatic heterocycles. The third-order valence-corrected chi connectivity index (χ3v) is 6.87. The van der Waals surface area contributed by atoms with Crippen LogP contribution in [0.5, 0.6) is 0 Å². The number of rotatable bonds is 2. The van der Waals surface area contributed by atoms with Crippen LogP contribution in [0, 0.1) is 22.7 Å². The van der Waals surface area contributed by atoms with E-state index in [2.05, 4.69) is 20.8 Å². The summed E-state index contributed by atoms with van der Waals surface area (Å²) in [4.78, 5) is 26.3. The molecule has 2 saturated carbocycles. The molecule has 2 aromatic carbocycles. The van der Waals surface area contributed by atoms with Gasteiger partial charge in [-0.05, 0) is 34.9 Å². The molecule has 2 aromatic rings. The van der Waals surface area contributed by atoms with Crippen LogP contribution in [-0.2, 0) is 4.79 Å². The zero-order chi connectivity index (χ0) is 16.4. The van der Waals surface area contributed by atoms with E-state index in [9.17, 15) is 9.59 Å². The highest BCUT2D eigenvalue weighted by atomic mass is 16.2. The van der Waals surface area contributed by atoms with Crippen molar-refractivity contribution in [3.8, 4) is 0 Å². The lowest BCUT2D eigenvalue weighted by molar-refractivity contribution is -0.130. The van der Waals surface area contributed by atoms with Gasteiger partial charge in [0.15, 0.2) is 5.78 Å². The molecule has 4 rings (SSSR count). The number of carbonyl (C=O) groups excluding carboxylic acids is 2. The first kappa shape index (κ1) is 14.6. The first-order valence-electron chi connectivity index (χ1n) is 8.44. The van der Waals surface area contributed by atoms with E-state index in [0.29, 0.717) is 5.56 Å². The maximum atomic E-state index is 13.3. The SMILES string of the molecule is CC1(C)[C@@H]2CC[C@]1(C)C(=O)[C@@H]2C(=O)c1cccc2ccccc12. The van der Waals surface area contributed by atoms with E-state index < -0.39 is 5.92 Å². The van der Waals surface area contributed by atoms with Crippen LogP contribution in [0.25, 0.3) is 10.8 Å². The number of ketones is 2. The number of hydrogen-bond acceptors (Lipinski definition) is 2. The summed E-state index contributed by atoms with van der Waals surface area (Å²) in [6, 6.07) is 13.7. The standard InChI is InChI=1S/C21H22O2/c1-20(2)16-11-12-21(20,3)19(23)17(16)18(22)15-10-6-8-13-7-4-5-9-14(13)15/h4-10,16-17H,11-12H2,1-3H3/t16-,17+,21-/m1/s1. The van der Waals surface area contributed by atoms with Gasteiger partial charge in [0.2, 0.25) is 0 Å². The van der Waals surface area contributed by atoms with Crippen molar-refractivity contribution < 1.29 is 9.59 Å². The van der Waals surface area contributed by atoms with Crippen LogP contribution in [0.3, 0.4) is 0 Å². The molecular formula is C21H22O2. The molecule has 0 spiro atoms. The van der Waals surface area contributed by atoms with Crippen molar-refractivity contribution >= 4 is 22.3 Å².